The summed E-state index contributed by atoms with van der Waals surface area (Å²) in [6.45, 7) is 1.75. The van der Waals surface area contributed by atoms with Crippen LogP contribution in [0.1, 0.15) is 31.7 Å². The molecule has 0 saturated carbocycles. The SMILES string of the molecule is CC(O)CCC/C=C/c1cnc(-c2ccc(O)c(F)c2F)nc1. The van der Waals surface area contributed by atoms with Crippen molar-refractivity contribution in [2.75, 3.05) is 0 Å². The molecule has 1 unspecified atom stereocenters. The van der Waals surface area contributed by atoms with E-state index in [4.69, 9.17) is 10.2 Å². The molecule has 2 N–H and O–H groups in total. The standard InChI is InChI=1S/C17H18F2N2O2/c1-11(22)5-3-2-4-6-12-9-20-17(21-10-12)13-7-8-14(23)16(19)15(13)18/h4,6-11,22-23H,2-3,5H2,1H3/b6-4+. The summed E-state index contributed by atoms with van der Waals surface area (Å²) in [6, 6.07) is 2.29. The van der Waals surface area contributed by atoms with Gasteiger partial charge in [-0.1, -0.05) is 12.2 Å². The average Bonchev–Trinajstić information content (AvgIpc) is 2.53. The molecule has 0 radical (unpaired) electrons. The molecule has 0 saturated heterocycles. The Morgan fingerprint density at radius 1 is 1.17 bits per heavy atom. The topological polar surface area (TPSA) is 66.2 Å². The molecule has 0 aliphatic heterocycles. The van der Waals surface area contributed by atoms with Crippen LogP contribution in [0.4, 0.5) is 8.78 Å². The smallest absolute Gasteiger partial charge is 0.201 e. The number of phenols is 1. The predicted octanol–water partition coefficient (Wildman–Crippen LogP) is 3.69. The number of halogens is 2. The summed E-state index contributed by atoms with van der Waals surface area (Å²) in [5.41, 5.74) is 0.637. The minimum Gasteiger partial charge on any atom is -0.505 e. The summed E-state index contributed by atoms with van der Waals surface area (Å²) in [5, 5.41) is 18.3. The number of aliphatic hydroxyl groups excluding tert-OH is 1. The molecule has 0 amide bonds. The van der Waals surface area contributed by atoms with Crippen molar-refractivity contribution in [2.24, 2.45) is 0 Å². The van der Waals surface area contributed by atoms with Gasteiger partial charge in [-0.15, -0.1) is 0 Å². The molecule has 1 aromatic heterocycles. The Morgan fingerprint density at radius 3 is 2.52 bits per heavy atom. The van der Waals surface area contributed by atoms with Crippen LogP contribution in [-0.2, 0) is 0 Å². The molecule has 0 fully saturated rings. The fourth-order valence-electron chi connectivity index (χ4n) is 2.03. The van der Waals surface area contributed by atoms with E-state index in [0.717, 1.165) is 30.9 Å². The Morgan fingerprint density at radius 2 is 1.87 bits per heavy atom. The molecule has 6 heteroatoms. The average molecular weight is 320 g/mol. The molecular weight excluding hydrogens is 302 g/mol. The van der Waals surface area contributed by atoms with Crippen LogP contribution in [0.5, 0.6) is 5.75 Å². The number of phenolic OH excluding ortho intramolecular Hbond substituents is 1. The lowest BCUT2D eigenvalue weighted by Crippen LogP contribution is -1.97. The minimum absolute atomic E-state index is 0.0488. The maximum absolute atomic E-state index is 13.8. The van der Waals surface area contributed by atoms with Crippen molar-refractivity contribution in [3.05, 3.63) is 47.8 Å². The van der Waals surface area contributed by atoms with Crippen molar-refractivity contribution in [3.8, 4) is 17.1 Å². The van der Waals surface area contributed by atoms with Gasteiger partial charge in [0, 0.05) is 18.0 Å². The van der Waals surface area contributed by atoms with Crippen LogP contribution in [0.3, 0.4) is 0 Å². The predicted molar refractivity (Wildman–Crippen MR) is 83.6 cm³/mol. The summed E-state index contributed by atoms with van der Waals surface area (Å²) in [5.74, 6) is -3.18. The van der Waals surface area contributed by atoms with Crippen LogP contribution in [0.2, 0.25) is 0 Å². The highest BCUT2D eigenvalue weighted by atomic mass is 19.2. The Kier molecular flexibility index (Phi) is 5.76. The van der Waals surface area contributed by atoms with Crippen molar-refractivity contribution in [1.29, 1.82) is 0 Å². The number of allylic oxidation sites excluding steroid dienone is 1. The van der Waals surface area contributed by atoms with Gasteiger partial charge in [-0.25, -0.2) is 14.4 Å². The van der Waals surface area contributed by atoms with Gasteiger partial charge in [0.2, 0.25) is 5.82 Å². The maximum Gasteiger partial charge on any atom is 0.201 e. The van der Waals surface area contributed by atoms with Crippen molar-refractivity contribution in [1.82, 2.24) is 9.97 Å². The van der Waals surface area contributed by atoms with E-state index in [1.54, 1.807) is 6.92 Å². The van der Waals surface area contributed by atoms with E-state index in [1.807, 2.05) is 12.2 Å². The minimum atomic E-state index is -1.31. The lowest BCUT2D eigenvalue weighted by molar-refractivity contribution is 0.182. The molecule has 2 aromatic rings. The largest absolute Gasteiger partial charge is 0.505 e. The number of aromatic hydroxyl groups is 1. The Bertz CT molecular complexity index is 686. The number of aliphatic hydroxyl groups is 1. The van der Waals surface area contributed by atoms with Crippen LogP contribution in [0, 0.1) is 11.6 Å². The van der Waals surface area contributed by atoms with Gasteiger partial charge in [-0.3, -0.25) is 0 Å². The van der Waals surface area contributed by atoms with Gasteiger partial charge < -0.3 is 10.2 Å². The quantitative estimate of drug-likeness (QED) is 0.797. The van der Waals surface area contributed by atoms with E-state index in [2.05, 4.69) is 9.97 Å². The van der Waals surface area contributed by atoms with E-state index >= 15 is 0 Å². The van der Waals surface area contributed by atoms with Crippen LogP contribution in [-0.4, -0.2) is 26.3 Å². The molecule has 0 spiro atoms. The molecule has 4 nitrogen and oxygen atoms in total. The first-order valence-corrected chi connectivity index (χ1v) is 7.33. The number of rotatable bonds is 6. The van der Waals surface area contributed by atoms with Gasteiger partial charge >= 0.3 is 0 Å². The Labute approximate surface area is 133 Å². The normalized spacial score (nSPS) is 12.7. The highest BCUT2D eigenvalue weighted by molar-refractivity contribution is 5.58. The fraction of sp³-hybridized carbons (Fsp3) is 0.294. The van der Waals surface area contributed by atoms with E-state index in [1.165, 1.54) is 18.5 Å². The van der Waals surface area contributed by atoms with Gasteiger partial charge in [0.05, 0.1) is 11.7 Å². The lowest BCUT2D eigenvalue weighted by Gasteiger charge is -2.04. The van der Waals surface area contributed by atoms with Crippen LogP contribution < -0.4 is 0 Å². The van der Waals surface area contributed by atoms with Crippen molar-refractivity contribution >= 4 is 6.08 Å². The maximum atomic E-state index is 13.8. The van der Waals surface area contributed by atoms with Gasteiger partial charge in [0.15, 0.2) is 17.4 Å². The van der Waals surface area contributed by atoms with Gasteiger partial charge in [-0.05, 0) is 38.3 Å². The van der Waals surface area contributed by atoms with Crippen molar-refractivity contribution in [3.63, 3.8) is 0 Å². The van der Waals surface area contributed by atoms with Crippen LogP contribution >= 0.6 is 0 Å². The highest BCUT2D eigenvalue weighted by Crippen LogP contribution is 2.26. The number of hydrogen-bond acceptors (Lipinski definition) is 4. The van der Waals surface area contributed by atoms with Gasteiger partial charge in [-0.2, -0.15) is 4.39 Å². The molecule has 1 heterocycles. The lowest BCUT2D eigenvalue weighted by atomic mass is 10.1. The molecule has 1 atom stereocenters. The first kappa shape index (κ1) is 17.0. The third-order valence-corrected chi connectivity index (χ3v) is 3.28. The van der Waals surface area contributed by atoms with E-state index in [-0.39, 0.29) is 17.5 Å². The van der Waals surface area contributed by atoms with Crippen molar-refractivity contribution < 1.29 is 19.0 Å². The molecule has 1 aromatic carbocycles. The second-order valence-electron chi connectivity index (χ2n) is 5.28. The summed E-state index contributed by atoms with van der Waals surface area (Å²) in [6.07, 6.45) is 8.95. The van der Waals surface area contributed by atoms with E-state index in [0.29, 0.717) is 0 Å². The zero-order valence-corrected chi connectivity index (χ0v) is 12.7. The Balaban J connectivity index is 2.05. The third-order valence-electron chi connectivity index (χ3n) is 3.28. The number of aromatic nitrogens is 2. The molecular formula is C17H18F2N2O2. The summed E-state index contributed by atoms with van der Waals surface area (Å²) in [7, 11) is 0. The molecule has 0 bridgehead atoms. The second-order valence-corrected chi connectivity index (χ2v) is 5.28. The van der Waals surface area contributed by atoms with E-state index < -0.39 is 17.4 Å². The number of benzene rings is 1. The summed E-state index contributed by atoms with van der Waals surface area (Å²) in [4.78, 5) is 8.03. The summed E-state index contributed by atoms with van der Waals surface area (Å²) >= 11 is 0. The third kappa shape index (κ3) is 4.56. The monoisotopic (exact) mass is 320 g/mol. The highest BCUT2D eigenvalue weighted by Gasteiger charge is 2.15. The zero-order chi connectivity index (χ0) is 16.8. The number of unbranched alkanes of at least 4 members (excludes halogenated alkanes) is 1. The van der Waals surface area contributed by atoms with E-state index in [9.17, 15) is 8.78 Å². The van der Waals surface area contributed by atoms with Crippen LogP contribution in [0.15, 0.2) is 30.6 Å². The molecule has 122 valence electrons. The Hall–Kier alpha value is -2.34. The first-order valence-electron chi connectivity index (χ1n) is 7.33. The molecule has 0 aliphatic carbocycles. The number of nitrogens with zero attached hydrogens (tertiary/aromatic N) is 2. The molecule has 0 aliphatic rings. The van der Waals surface area contributed by atoms with Gasteiger partial charge in [0.25, 0.3) is 0 Å². The fourth-order valence-corrected chi connectivity index (χ4v) is 2.03. The second kappa shape index (κ2) is 7.78. The molecule has 2 rings (SSSR count). The van der Waals surface area contributed by atoms with Gasteiger partial charge in [0.1, 0.15) is 0 Å². The van der Waals surface area contributed by atoms with Crippen molar-refractivity contribution in [2.45, 2.75) is 32.3 Å². The molecule has 23 heavy (non-hydrogen) atoms. The summed E-state index contributed by atoms with van der Waals surface area (Å²) < 4.78 is 27.1. The number of hydrogen-bond donors (Lipinski definition) is 2. The van der Waals surface area contributed by atoms with Crippen LogP contribution in [0.25, 0.3) is 17.5 Å². The first-order chi connectivity index (χ1) is 11.0. The zero-order valence-electron chi connectivity index (χ0n) is 12.7.